The Hall–Kier alpha value is -6.45. The van der Waals surface area contributed by atoms with E-state index in [2.05, 4.69) is 36.4 Å². The molecular formula is C45H29N3. The Morgan fingerprint density at radius 1 is 0.354 bits per heavy atom. The van der Waals surface area contributed by atoms with Gasteiger partial charge < -0.3 is 0 Å². The lowest BCUT2D eigenvalue weighted by Crippen LogP contribution is -2.00. The van der Waals surface area contributed by atoms with E-state index in [1.807, 2.05) is 97.1 Å². The van der Waals surface area contributed by atoms with Crippen molar-refractivity contribution < 1.29 is 9.60 Å². The van der Waals surface area contributed by atoms with Gasteiger partial charge in [0.05, 0.1) is 9.60 Å². The van der Waals surface area contributed by atoms with Gasteiger partial charge in [0.15, 0.2) is 17.5 Å². The van der Waals surface area contributed by atoms with E-state index in [-0.39, 0.29) is 34.0 Å². The van der Waals surface area contributed by atoms with Gasteiger partial charge in [-0.3, -0.25) is 0 Å². The molecule has 8 aromatic carbocycles. The van der Waals surface area contributed by atoms with Crippen LogP contribution in [-0.2, 0) is 0 Å². The average molecular weight is 619 g/mol. The van der Waals surface area contributed by atoms with Crippen molar-refractivity contribution in [1.82, 2.24) is 15.0 Å². The van der Waals surface area contributed by atoms with Gasteiger partial charge in [-0.25, -0.2) is 15.0 Å². The second kappa shape index (κ2) is 11.7. The molecule has 9 rings (SSSR count). The fourth-order valence-electron chi connectivity index (χ4n) is 6.30. The molecule has 0 unspecified atom stereocenters. The first-order chi connectivity index (χ1) is 26.7. The van der Waals surface area contributed by atoms with Crippen LogP contribution in [0.3, 0.4) is 0 Å². The van der Waals surface area contributed by atoms with E-state index in [4.69, 9.17) is 23.2 Å². The highest BCUT2D eigenvalue weighted by Crippen LogP contribution is 2.37. The molecule has 9 aromatic rings. The van der Waals surface area contributed by atoms with E-state index in [1.165, 1.54) is 0 Å². The molecule has 0 aliphatic rings. The zero-order valence-electron chi connectivity index (χ0n) is 32.5. The molecule has 0 aliphatic carbocycles. The minimum absolute atomic E-state index is 0.0474. The van der Waals surface area contributed by atoms with Crippen LogP contribution in [0.15, 0.2) is 176 Å². The molecule has 48 heavy (non-hydrogen) atoms. The summed E-state index contributed by atoms with van der Waals surface area (Å²) in [5, 5.41) is 3.69. The molecule has 1 heterocycles. The third kappa shape index (κ3) is 4.99. The van der Waals surface area contributed by atoms with Crippen molar-refractivity contribution in [3.05, 3.63) is 176 Å². The molecule has 3 heteroatoms. The number of hydrogen-bond donors (Lipinski definition) is 0. The van der Waals surface area contributed by atoms with Crippen molar-refractivity contribution in [1.29, 1.82) is 0 Å². The Morgan fingerprint density at radius 3 is 1.75 bits per heavy atom. The number of hydrogen-bond acceptors (Lipinski definition) is 3. The lowest BCUT2D eigenvalue weighted by atomic mass is 9.91. The molecule has 224 valence electrons. The highest BCUT2D eigenvalue weighted by molar-refractivity contribution is 6.05. The van der Waals surface area contributed by atoms with Gasteiger partial charge in [-0.1, -0.05) is 164 Å². The fraction of sp³-hybridized carbons (Fsp3) is 0. The molecule has 0 saturated carbocycles. The van der Waals surface area contributed by atoms with E-state index in [0.717, 1.165) is 43.8 Å². The average Bonchev–Trinajstić information content (AvgIpc) is 3.23. The van der Waals surface area contributed by atoms with Gasteiger partial charge in [-0.2, -0.15) is 0 Å². The highest BCUT2D eigenvalue weighted by atomic mass is 15.0. The quantitative estimate of drug-likeness (QED) is 0.193. The Labute approximate surface area is 288 Å². The van der Waals surface area contributed by atoms with E-state index in [1.54, 1.807) is 0 Å². The van der Waals surface area contributed by atoms with Crippen LogP contribution in [0.1, 0.15) is 9.60 Å². The smallest absolute Gasteiger partial charge is 0.164 e. The predicted octanol–water partition coefficient (Wildman–Crippen LogP) is 11.7. The first-order valence-electron chi connectivity index (χ1n) is 19.1. The van der Waals surface area contributed by atoms with Crippen molar-refractivity contribution in [3.63, 3.8) is 0 Å². The van der Waals surface area contributed by atoms with Crippen LogP contribution in [0.2, 0.25) is 0 Å². The third-order valence-corrected chi connectivity index (χ3v) is 8.58. The zero-order valence-corrected chi connectivity index (χ0v) is 25.5. The van der Waals surface area contributed by atoms with Gasteiger partial charge in [-0.15, -0.1) is 0 Å². The maximum Gasteiger partial charge on any atom is 0.164 e. The third-order valence-electron chi connectivity index (χ3n) is 8.58. The summed E-state index contributed by atoms with van der Waals surface area (Å²) in [7, 11) is 0. The zero-order chi connectivity index (χ0) is 38.0. The van der Waals surface area contributed by atoms with Gasteiger partial charge >= 0.3 is 0 Å². The first-order valence-corrected chi connectivity index (χ1v) is 15.6. The second-order valence-corrected chi connectivity index (χ2v) is 11.5. The molecule has 0 saturated heterocycles. The molecule has 0 atom stereocenters. The van der Waals surface area contributed by atoms with Crippen LogP contribution in [-0.4, -0.2) is 15.0 Å². The lowest BCUT2D eigenvalue weighted by Gasteiger charge is -2.14. The Bertz CT molecular complexity index is 3020. The summed E-state index contributed by atoms with van der Waals surface area (Å²) < 4.78 is 60.8. The Kier molecular flexibility index (Phi) is 5.22. The van der Waals surface area contributed by atoms with Crippen molar-refractivity contribution in [2.45, 2.75) is 0 Å². The standard InChI is InChI=1S/C45H29N3/c1-2-13-31(14-3-1)38-26-27-39(41-22-9-8-21-40(38)41)34-18-10-19-35(29-34)43-46-44(36-25-24-30-12-4-5-16-33(30)28-36)48-45(47-43)42-23-11-17-32-15-6-7-20-37(32)42/h1-29H/i4D,5D,12D,16D,24D,25D,28D. The van der Waals surface area contributed by atoms with Crippen molar-refractivity contribution in [2.24, 2.45) is 0 Å². The minimum Gasteiger partial charge on any atom is -0.208 e. The summed E-state index contributed by atoms with van der Waals surface area (Å²) in [6.07, 6.45) is 0. The number of nitrogens with zero attached hydrogens (tertiary/aromatic N) is 3. The van der Waals surface area contributed by atoms with E-state index in [0.29, 0.717) is 17.0 Å². The van der Waals surface area contributed by atoms with E-state index >= 15 is 0 Å². The van der Waals surface area contributed by atoms with E-state index in [9.17, 15) is 1.37 Å². The summed E-state index contributed by atoms with van der Waals surface area (Å²) in [6, 6.07) is 41.2. The summed E-state index contributed by atoms with van der Waals surface area (Å²) in [6.45, 7) is 0. The van der Waals surface area contributed by atoms with Crippen molar-refractivity contribution in [2.75, 3.05) is 0 Å². The topological polar surface area (TPSA) is 38.7 Å². The summed E-state index contributed by atoms with van der Waals surface area (Å²) in [4.78, 5) is 14.7. The number of fused-ring (bicyclic) bond motifs is 3. The van der Waals surface area contributed by atoms with Crippen LogP contribution in [0.25, 0.3) is 88.7 Å². The SMILES string of the molecule is [2H]c1c([2H])c([2H])c2c([2H])c(-c3nc(-c4cccc(-c5ccc(-c6ccccc6)c6ccccc56)c4)nc(-c4cccc5ccccc45)n3)c([2H])c([2H])c2c1[2H]. The molecule has 0 fully saturated rings. The van der Waals surface area contributed by atoms with Crippen LogP contribution < -0.4 is 0 Å². The van der Waals surface area contributed by atoms with Crippen molar-refractivity contribution in [3.8, 4) is 56.4 Å². The van der Waals surface area contributed by atoms with Gasteiger partial charge in [0, 0.05) is 16.7 Å². The van der Waals surface area contributed by atoms with Crippen LogP contribution >= 0.6 is 0 Å². The minimum atomic E-state index is -0.527. The van der Waals surface area contributed by atoms with E-state index < -0.39 is 36.3 Å². The monoisotopic (exact) mass is 618 g/mol. The maximum atomic E-state index is 9.25. The highest BCUT2D eigenvalue weighted by Gasteiger charge is 2.16. The number of rotatable bonds is 5. The van der Waals surface area contributed by atoms with Crippen molar-refractivity contribution >= 4 is 32.3 Å². The van der Waals surface area contributed by atoms with Gasteiger partial charge in [0.2, 0.25) is 0 Å². The molecule has 0 spiro atoms. The van der Waals surface area contributed by atoms with Crippen LogP contribution in [0, 0.1) is 0 Å². The van der Waals surface area contributed by atoms with Gasteiger partial charge in [0.1, 0.15) is 0 Å². The van der Waals surface area contributed by atoms with Crippen LogP contribution in [0.5, 0.6) is 0 Å². The fourth-order valence-corrected chi connectivity index (χ4v) is 6.30. The summed E-state index contributed by atoms with van der Waals surface area (Å²) >= 11 is 0. The Balaban J connectivity index is 1.29. The predicted molar refractivity (Wildman–Crippen MR) is 200 cm³/mol. The molecule has 0 amide bonds. The molecule has 0 N–H and O–H groups in total. The van der Waals surface area contributed by atoms with Crippen LogP contribution in [0.4, 0.5) is 0 Å². The summed E-state index contributed by atoms with van der Waals surface area (Å²) in [5.74, 6) is 0.523. The molecular weight excluding hydrogens is 583 g/mol. The van der Waals surface area contributed by atoms with Gasteiger partial charge in [-0.05, 0) is 66.7 Å². The second-order valence-electron chi connectivity index (χ2n) is 11.5. The lowest BCUT2D eigenvalue weighted by molar-refractivity contribution is 1.08. The molecule has 0 aliphatic heterocycles. The largest absolute Gasteiger partial charge is 0.208 e. The summed E-state index contributed by atoms with van der Waals surface area (Å²) in [5.41, 5.74) is 5.44. The number of benzene rings is 8. The molecule has 3 nitrogen and oxygen atoms in total. The molecule has 0 radical (unpaired) electrons. The first kappa shape index (κ1) is 21.4. The normalized spacial score (nSPS) is 13.4. The molecule has 0 bridgehead atoms. The Morgan fingerprint density at radius 2 is 0.938 bits per heavy atom. The maximum absolute atomic E-state index is 9.25. The van der Waals surface area contributed by atoms with Gasteiger partial charge in [0.25, 0.3) is 0 Å². The number of aromatic nitrogens is 3. The molecule has 1 aromatic heterocycles.